The molecule has 6 heteroatoms. The zero-order valence-electron chi connectivity index (χ0n) is 18.0. The lowest BCUT2D eigenvalue weighted by molar-refractivity contribution is 0.197. The Kier molecular flexibility index (Phi) is 5.36. The molecule has 0 bridgehead atoms. The van der Waals surface area contributed by atoms with Gasteiger partial charge in [0.15, 0.2) is 0 Å². The van der Waals surface area contributed by atoms with Crippen LogP contribution in [0.25, 0.3) is 22.0 Å². The van der Waals surface area contributed by atoms with E-state index in [1.165, 1.54) is 0 Å². The first-order valence-corrected chi connectivity index (χ1v) is 11.0. The van der Waals surface area contributed by atoms with Gasteiger partial charge in [-0.15, -0.1) is 0 Å². The lowest BCUT2D eigenvalue weighted by Crippen LogP contribution is -2.40. The Morgan fingerprint density at radius 2 is 1.76 bits per heavy atom. The lowest BCUT2D eigenvalue weighted by atomic mass is 9.81. The monoisotopic (exact) mass is 455 g/mol. The largest absolute Gasteiger partial charge is 0.393 e. The van der Waals surface area contributed by atoms with Gasteiger partial charge in [-0.05, 0) is 28.8 Å². The zero-order chi connectivity index (χ0) is 23.0. The van der Waals surface area contributed by atoms with Crippen LogP contribution in [0.2, 0.25) is 5.02 Å². The van der Waals surface area contributed by atoms with Gasteiger partial charge in [0.25, 0.3) is 5.56 Å². The standard InChI is InChI=1S/C27H22ClN3O2/c1-30-25(33)16-23(19-6-3-2-4-7-19)22-8-5-9-24(26(22)30)27(17-32,31-15-14-29-18-31)20-10-12-21(28)13-11-20/h2-16,18,32H,17H2,1H3. The fraction of sp³-hybridized carbons (Fsp3) is 0.111. The summed E-state index contributed by atoms with van der Waals surface area (Å²) in [6.45, 7) is -0.242. The van der Waals surface area contributed by atoms with E-state index in [0.717, 1.165) is 33.2 Å². The van der Waals surface area contributed by atoms with Crippen molar-refractivity contribution in [3.05, 3.63) is 124 Å². The van der Waals surface area contributed by atoms with E-state index in [0.29, 0.717) is 5.02 Å². The molecule has 0 fully saturated rings. The predicted octanol–water partition coefficient (Wildman–Crippen LogP) is 4.84. The molecule has 164 valence electrons. The van der Waals surface area contributed by atoms with Crippen molar-refractivity contribution >= 4 is 22.5 Å². The third-order valence-corrected chi connectivity index (χ3v) is 6.54. The Morgan fingerprint density at radius 3 is 2.42 bits per heavy atom. The molecule has 3 aromatic carbocycles. The molecule has 0 radical (unpaired) electrons. The average molecular weight is 456 g/mol. The highest BCUT2D eigenvalue weighted by atomic mass is 35.5. The van der Waals surface area contributed by atoms with Crippen LogP contribution in [0.15, 0.2) is 102 Å². The molecule has 1 atom stereocenters. The van der Waals surface area contributed by atoms with Crippen LogP contribution in [-0.2, 0) is 12.6 Å². The second kappa shape index (κ2) is 8.35. The second-order valence-corrected chi connectivity index (χ2v) is 8.45. The molecule has 1 N–H and O–H groups in total. The molecule has 2 heterocycles. The first-order chi connectivity index (χ1) is 16.1. The maximum absolute atomic E-state index is 13.1. The first-order valence-electron chi connectivity index (χ1n) is 10.6. The Hall–Kier alpha value is -3.67. The number of aryl methyl sites for hydroxylation is 1. The molecule has 33 heavy (non-hydrogen) atoms. The molecule has 2 aromatic heterocycles. The number of aromatic nitrogens is 3. The van der Waals surface area contributed by atoms with Crippen molar-refractivity contribution in [2.75, 3.05) is 6.61 Å². The number of benzene rings is 3. The minimum atomic E-state index is -1.01. The van der Waals surface area contributed by atoms with Crippen molar-refractivity contribution in [2.24, 2.45) is 7.05 Å². The summed E-state index contributed by atoms with van der Waals surface area (Å²) in [6, 6.07) is 24.9. The summed E-state index contributed by atoms with van der Waals surface area (Å²) in [4.78, 5) is 17.4. The molecular weight excluding hydrogens is 434 g/mol. The lowest BCUT2D eigenvalue weighted by Gasteiger charge is -2.36. The highest BCUT2D eigenvalue weighted by molar-refractivity contribution is 6.30. The van der Waals surface area contributed by atoms with Crippen molar-refractivity contribution < 1.29 is 5.11 Å². The third kappa shape index (κ3) is 3.37. The number of imidazole rings is 1. The van der Waals surface area contributed by atoms with Crippen LogP contribution >= 0.6 is 11.6 Å². The van der Waals surface area contributed by atoms with Crippen molar-refractivity contribution in [3.8, 4) is 11.1 Å². The van der Waals surface area contributed by atoms with Gasteiger partial charge >= 0.3 is 0 Å². The Morgan fingerprint density at radius 1 is 1.00 bits per heavy atom. The van der Waals surface area contributed by atoms with Crippen molar-refractivity contribution in [1.82, 2.24) is 14.1 Å². The van der Waals surface area contributed by atoms with Crippen LogP contribution in [-0.4, -0.2) is 25.8 Å². The van der Waals surface area contributed by atoms with Crippen LogP contribution in [0, 0.1) is 0 Å². The predicted molar refractivity (Wildman–Crippen MR) is 132 cm³/mol. The molecular formula is C27H22ClN3O2. The fourth-order valence-corrected chi connectivity index (χ4v) is 4.76. The van der Waals surface area contributed by atoms with Crippen LogP contribution in [0.5, 0.6) is 0 Å². The Balaban J connectivity index is 1.93. The van der Waals surface area contributed by atoms with Crippen LogP contribution in [0.3, 0.4) is 0 Å². The van der Waals surface area contributed by atoms with Gasteiger partial charge in [-0.2, -0.15) is 0 Å². The minimum Gasteiger partial charge on any atom is -0.393 e. The van der Waals surface area contributed by atoms with Crippen LogP contribution < -0.4 is 5.56 Å². The van der Waals surface area contributed by atoms with Gasteiger partial charge in [0.2, 0.25) is 0 Å². The number of halogens is 1. The molecule has 5 rings (SSSR count). The number of aliphatic hydroxyl groups excluding tert-OH is 1. The minimum absolute atomic E-state index is 0.123. The summed E-state index contributed by atoms with van der Waals surface area (Å²) < 4.78 is 3.53. The molecule has 5 aromatic rings. The topological polar surface area (TPSA) is 60.1 Å². The van der Waals surface area contributed by atoms with Crippen molar-refractivity contribution in [1.29, 1.82) is 0 Å². The second-order valence-electron chi connectivity index (χ2n) is 8.02. The van der Waals surface area contributed by atoms with Gasteiger partial charge in [0.1, 0.15) is 5.54 Å². The molecule has 1 unspecified atom stereocenters. The number of hydrogen-bond acceptors (Lipinski definition) is 3. The molecule has 5 nitrogen and oxygen atoms in total. The smallest absolute Gasteiger partial charge is 0.251 e. The Labute approximate surface area is 196 Å². The zero-order valence-corrected chi connectivity index (χ0v) is 18.8. The van der Waals surface area contributed by atoms with E-state index in [1.807, 2.05) is 71.4 Å². The van der Waals surface area contributed by atoms with Crippen molar-refractivity contribution in [2.45, 2.75) is 5.54 Å². The summed E-state index contributed by atoms with van der Waals surface area (Å²) in [5, 5.41) is 12.5. The molecule has 0 saturated heterocycles. The van der Waals surface area contributed by atoms with E-state index in [9.17, 15) is 9.90 Å². The SMILES string of the molecule is Cn1c(=O)cc(-c2ccccc2)c2cccc(C(CO)(c3ccc(Cl)cc3)n3ccnc3)c21. The van der Waals surface area contributed by atoms with Gasteiger partial charge in [-0.3, -0.25) is 4.79 Å². The molecule has 0 spiro atoms. The summed E-state index contributed by atoms with van der Waals surface area (Å²) in [5.74, 6) is 0. The molecule has 0 saturated carbocycles. The first kappa shape index (κ1) is 21.2. The Bertz CT molecular complexity index is 1480. The van der Waals surface area contributed by atoms with Gasteiger partial charge in [0, 0.05) is 41.5 Å². The summed E-state index contributed by atoms with van der Waals surface area (Å²) >= 11 is 6.18. The number of nitrogens with zero attached hydrogens (tertiary/aromatic N) is 3. The number of fused-ring (bicyclic) bond motifs is 1. The summed E-state index contributed by atoms with van der Waals surface area (Å²) in [6.07, 6.45) is 5.19. The molecule has 0 aliphatic heterocycles. The average Bonchev–Trinajstić information content (AvgIpc) is 3.39. The number of hydrogen-bond donors (Lipinski definition) is 1. The molecule has 0 aliphatic rings. The van der Waals surface area contributed by atoms with Gasteiger partial charge in [0.05, 0.1) is 18.5 Å². The highest BCUT2D eigenvalue weighted by Gasteiger charge is 2.38. The van der Waals surface area contributed by atoms with E-state index in [1.54, 1.807) is 42.3 Å². The van der Waals surface area contributed by atoms with Gasteiger partial charge in [-0.25, -0.2) is 4.98 Å². The summed E-state index contributed by atoms with van der Waals surface area (Å²) in [5.41, 5.74) is 3.05. The number of pyridine rings is 1. The fourth-order valence-electron chi connectivity index (χ4n) is 4.63. The maximum Gasteiger partial charge on any atom is 0.251 e. The van der Waals surface area contributed by atoms with Gasteiger partial charge < -0.3 is 14.2 Å². The number of rotatable bonds is 5. The third-order valence-electron chi connectivity index (χ3n) is 6.29. The van der Waals surface area contributed by atoms with Crippen molar-refractivity contribution in [3.63, 3.8) is 0 Å². The van der Waals surface area contributed by atoms with E-state index < -0.39 is 5.54 Å². The van der Waals surface area contributed by atoms with Gasteiger partial charge in [-0.1, -0.05) is 72.3 Å². The highest BCUT2D eigenvalue weighted by Crippen LogP contribution is 2.39. The van der Waals surface area contributed by atoms with E-state index in [2.05, 4.69) is 4.98 Å². The number of aliphatic hydroxyl groups is 1. The van der Waals surface area contributed by atoms with E-state index >= 15 is 0 Å². The van der Waals surface area contributed by atoms with E-state index in [4.69, 9.17) is 11.6 Å². The van der Waals surface area contributed by atoms with E-state index in [-0.39, 0.29) is 12.2 Å². The summed E-state index contributed by atoms with van der Waals surface area (Å²) in [7, 11) is 1.76. The normalized spacial score (nSPS) is 13.2. The molecule has 0 amide bonds. The van der Waals surface area contributed by atoms with Crippen LogP contribution in [0.4, 0.5) is 0 Å². The quantitative estimate of drug-likeness (QED) is 0.412. The van der Waals surface area contributed by atoms with Crippen LogP contribution in [0.1, 0.15) is 11.1 Å². The molecule has 0 aliphatic carbocycles. The maximum atomic E-state index is 13.1. The number of para-hydroxylation sites is 1.